The lowest BCUT2D eigenvalue weighted by molar-refractivity contribution is 0.545. The number of aromatic amines is 2. The van der Waals surface area contributed by atoms with Crippen molar-refractivity contribution < 1.29 is 4.42 Å². The Bertz CT molecular complexity index is 881. The van der Waals surface area contributed by atoms with Crippen LogP contribution in [-0.2, 0) is 6.54 Å². The van der Waals surface area contributed by atoms with Gasteiger partial charge in [0.15, 0.2) is 17.2 Å². The zero-order chi connectivity index (χ0) is 14.3. The minimum atomic E-state index is -0.473. The van der Waals surface area contributed by atoms with E-state index in [1.165, 1.54) is 4.57 Å². The lowest BCUT2D eigenvalue weighted by Crippen LogP contribution is -2.30. The molecule has 0 saturated carbocycles. The Hall–Kier alpha value is -2.57. The number of nitrogens with zero attached hydrogens (tertiary/aromatic N) is 2. The highest BCUT2D eigenvalue weighted by molar-refractivity contribution is 5.74. The topological polar surface area (TPSA) is 96.7 Å². The van der Waals surface area contributed by atoms with E-state index in [2.05, 4.69) is 15.0 Å². The van der Waals surface area contributed by atoms with Crippen LogP contribution in [-0.4, -0.2) is 19.5 Å². The van der Waals surface area contributed by atoms with Crippen molar-refractivity contribution in [1.29, 1.82) is 0 Å². The van der Waals surface area contributed by atoms with E-state index in [1.807, 2.05) is 19.9 Å². The van der Waals surface area contributed by atoms with E-state index in [9.17, 15) is 9.59 Å². The van der Waals surface area contributed by atoms with Gasteiger partial charge in [-0.05, 0) is 25.5 Å². The quantitative estimate of drug-likeness (QED) is 0.754. The second-order valence-corrected chi connectivity index (χ2v) is 4.61. The summed E-state index contributed by atoms with van der Waals surface area (Å²) in [4.78, 5) is 33.2. The van der Waals surface area contributed by atoms with Crippen molar-refractivity contribution in [3.8, 4) is 11.6 Å². The summed E-state index contributed by atoms with van der Waals surface area (Å²) < 4.78 is 6.93. The van der Waals surface area contributed by atoms with Crippen molar-refractivity contribution >= 4 is 11.2 Å². The molecular weight excluding hydrogens is 260 g/mol. The molecule has 0 aromatic carbocycles. The number of fused-ring (bicyclic) bond motifs is 1. The zero-order valence-corrected chi connectivity index (χ0v) is 11.2. The van der Waals surface area contributed by atoms with Crippen LogP contribution < -0.4 is 11.2 Å². The lowest BCUT2D eigenvalue weighted by atomic mass is 10.4. The first-order valence-corrected chi connectivity index (χ1v) is 6.39. The molecule has 3 rings (SSSR count). The summed E-state index contributed by atoms with van der Waals surface area (Å²) >= 11 is 0. The molecule has 0 aliphatic heterocycles. The van der Waals surface area contributed by atoms with Crippen molar-refractivity contribution in [2.24, 2.45) is 0 Å². The fourth-order valence-electron chi connectivity index (χ4n) is 2.15. The Morgan fingerprint density at radius 1 is 1.30 bits per heavy atom. The smallest absolute Gasteiger partial charge is 0.330 e. The standard InChI is InChI=1S/C13H14N4O3/c1-3-6-17-11-9(12(18)16-13(17)19)14-10(15-11)8-5-4-7(2)20-8/h4-5H,3,6H2,1-2H3,(H,14,15)(H,16,18,19). The maximum atomic E-state index is 11.8. The average Bonchev–Trinajstić information content (AvgIpc) is 3.00. The Morgan fingerprint density at radius 2 is 2.10 bits per heavy atom. The number of nitrogens with one attached hydrogen (secondary N) is 2. The molecule has 7 heteroatoms. The monoisotopic (exact) mass is 274 g/mol. The summed E-state index contributed by atoms with van der Waals surface area (Å²) in [6.07, 6.45) is 0.767. The SMILES string of the molecule is CCCn1c(=O)[nH]c(=O)c2[nH]c(-c3ccc(C)o3)nc21. The molecule has 3 aromatic rings. The number of imidazole rings is 1. The summed E-state index contributed by atoms with van der Waals surface area (Å²) in [5, 5.41) is 0. The van der Waals surface area contributed by atoms with Gasteiger partial charge in [0.25, 0.3) is 5.56 Å². The Kier molecular flexibility index (Phi) is 2.81. The number of aryl methyl sites for hydroxylation is 2. The minimum absolute atomic E-state index is 0.280. The van der Waals surface area contributed by atoms with E-state index < -0.39 is 11.2 Å². The molecule has 0 amide bonds. The van der Waals surface area contributed by atoms with E-state index in [0.29, 0.717) is 23.8 Å². The van der Waals surface area contributed by atoms with Gasteiger partial charge in [0.2, 0.25) is 0 Å². The maximum Gasteiger partial charge on any atom is 0.330 e. The lowest BCUT2D eigenvalue weighted by Gasteiger charge is -2.02. The van der Waals surface area contributed by atoms with Gasteiger partial charge in [-0.3, -0.25) is 14.3 Å². The molecule has 0 spiro atoms. The fraction of sp³-hybridized carbons (Fsp3) is 0.308. The minimum Gasteiger partial charge on any atom is -0.458 e. The van der Waals surface area contributed by atoms with E-state index in [1.54, 1.807) is 6.07 Å². The molecule has 3 aromatic heterocycles. The predicted octanol–water partition coefficient (Wildman–Crippen LogP) is 1.39. The maximum absolute atomic E-state index is 11.8. The van der Waals surface area contributed by atoms with Crippen LogP contribution >= 0.6 is 0 Å². The highest BCUT2D eigenvalue weighted by Crippen LogP contribution is 2.20. The van der Waals surface area contributed by atoms with Crippen molar-refractivity contribution in [1.82, 2.24) is 19.5 Å². The molecule has 3 heterocycles. The van der Waals surface area contributed by atoms with E-state index >= 15 is 0 Å². The predicted molar refractivity (Wildman–Crippen MR) is 73.7 cm³/mol. The molecule has 2 N–H and O–H groups in total. The van der Waals surface area contributed by atoms with E-state index in [4.69, 9.17) is 4.42 Å². The Morgan fingerprint density at radius 3 is 2.75 bits per heavy atom. The van der Waals surface area contributed by atoms with Crippen LogP contribution in [0, 0.1) is 6.92 Å². The first-order chi connectivity index (χ1) is 9.60. The second-order valence-electron chi connectivity index (χ2n) is 4.61. The molecule has 0 fully saturated rings. The highest BCUT2D eigenvalue weighted by Gasteiger charge is 2.15. The second kappa shape index (κ2) is 4.52. The zero-order valence-electron chi connectivity index (χ0n) is 11.2. The molecule has 0 aliphatic carbocycles. The van der Waals surface area contributed by atoms with Crippen molar-refractivity contribution in [3.05, 3.63) is 38.7 Å². The molecular formula is C13H14N4O3. The number of hydrogen-bond acceptors (Lipinski definition) is 4. The highest BCUT2D eigenvalue weighted by atomic mass is 16.3. The van der Waals surface area contributed by atoms with Crippen LogP contribution in [0.2, 0.25) is 0 Å². The first-order valence-electron chi connectivity index (χ1n) is 6.39. The van der Waals surface area contributed by atoms with Crippen LogP contribution in [0.1, 0.15) is 19.1 Å². The molecule has 0 bridgehead atoms. The van der Waals surface area contributed by atoms with Gasteiger partial charge in [-0.25, -0.2) is 9.78 Å². The third-order valence-electron chi connectivity index (χ3n) is 3.05. The number of furan rings is 1. The van der Waals surface area contributed by atoms with Crippen molar-refractivity contribution in [2.45, 2.75) is 26.8 Å². The third-order valence-corrected chi connectivity index (χ3v) is 3.05. The third kappa shape index (κ3) is 1.87. The van der Waals surface area contributed by atoms with Gasteiger partial charge in [0.05, 0.1) is 0 Å². The summed E-state index contributed by atoms with van der Waals surface area (Å²) in [6, 6.07) is 3.58. The normalized spacial score (nSPS) is 11.3. The molecule has 7 nitrogen and oxygen atoms in total. The number of rotatable bonds is 3. The van der Waals surface area contributed by atoms with Crippen LogP contribution in [0.4, 0.5) is 0 Å². The largest absolute Gasteiger partial charge is 0.458 e. The van der Waals surface area contributed by atoms with E-state index in [0.717, 1.165) is 12.2 Å². The number of hydrogen-bond donors (Lipinski definition) is 2. The summed E-state index contributed by atoms with van der Waals surface area (Å²) in [6.45, 7) is 4.27. The molecule has 0 saturated heterocycles. The summed E-state index contributed by atoms with van der Waals surface area (Å²) in [5.41, 5.74) is -0.288. The molecule has 0 aliphatic rings. The van der Waals surface area contributed by atoms with Gasteiger partial charge >= 0.3 is 5.69 Å². The Labute approximate surface area is 113 Å². The van der Waals surface area contributed by atoms with E-state index in [-0.39, 0.29) is 5.52 Å². The van der Waals surface area contributed by atoms with Gasteiger partial charge in [-0.2, -0.15) is 0 Å². The van der Waals surface area contributed by atoms with Crippen LogP contribution in [0.3, 0.4) is 0 Å². The van der Waals surface area contributed by atoms with Crippen LogP contribution in [0.25, 0.3) is 22.7 Å². The first kappa shape index (κ1) is 12.5. The average molecular weight is 274 g/mol. The molecule has 104 valence electrons. The van der Waals surface area contributed by atoms with Crippen LogP contribution in [0.5, 0.6) is 0 Å². The molecule has 0 unspecified atom stereocenters. The number of aromatic nitrogens is 4. The fourth-order valence-corrected chi connectivity index (χ4v) is 2.15. The van der Waals surface area contributed by atoms with Gasteiger partial charge in [0.1, 0.15) is 11.3 Å². The summed E-state index contributed by atoms with van der Waals surface area (Å²) in [5.74, 6) is 1.72. The summed E-state index contributed by atoms with van der Waals surface area (Å²) in [7, 11) is 0. The van der Waals surface area contributed by atoms with Crippen molar-refractivity contribution in [2.75, 3.05) is 0 Å². The van der Waals surface area contributed by atoms with Gasteiger partial charge < -0.3 is 9.40 Å². The van der Waals surface area contributed by atoms with Gasteiger partial charge in [-0.1, -0.05) is 6.92 Å². The van der Waals surface area contributed by atoms with Crippen molar-refractivity contribution in [3.63, 3.8) is 0 Å². The molecule has 20 heavy (non-hydrogen) atoms. The van der Waals surface area contributed by atoms with Gasteiger partial charge in [0, 0.05) is 6.54 Å². The molecule has 0 atom stereocenters. The Balaban J connectivity index is 2.29. The number of H-pyrrole nitrogens is 2. The van der Waals surface area contributed by atoms with Gasteiger partial charge in [-0.15, -0.1) is 0 Å². The van der Waals surface area contributed by atoms with Crippen LogP contribution in [0.15, 0.2) is 26.1 Å². The molecule has 0 radical (unpaired) electrons.